The fourth-order valence-corrected chi connectivity index (χ4v) is 5.92. The van der Waals surface area contributed by atoms with Crippen molar-refractivity contribution in [1.29, 1.82) is 0 Å². The van der Waals surface area contributed by atoms with E-state index >= 15 is 0 Å². The zero-order chi connectivity index (χ0) is 11.8. The molecule has 0 aliphatic carbocycles. The van der Waals surface area contributed by atoms with Crippen molar-refractivity contribution in [2.45, 2.75) is 30.0 Å². The van der Waals surface area contributed by atoms with Gasteiger partial charge in [-0.2, -0.15) is 4.31 Å². The second-order valence-electron chi connectivity index (χ2n) is 3.93. The van der Waals surface area contributed by atoms with Gasteiger partial charge in [-0.15, -0.1) is 11.3 Å². The van der Waals surface area contributed by atoms with E-state index in [1.807, 2.05) is 13.0 Å². The maximum Gasteiger partial charge on any atom is 0.252 e. The van der Waals surface area contributed by atoms with Gasteiger partial charge in [-0.25, -0.2) is 8.42 Å². The van der Waals surface area contributed by atoms with Crippen LogP contribution in [0.3, 0.4) is 0 Å². The Kier molecular flexibility index (Phi) is 3.73. The number of rotatable bonds is 3. The van der Waals surface area contributed by atoms with Crippen LogP contribution in [0, 0.1) is 6.92 Å². The van der Waals surface area contributed by atoms with Crippen molar-refractivity contribution in [3.63, 3.8) is 0 Å². The molecule has 90 valence electrons. The van der Waals surface area contributed by atoms with Gasteiger partial charge < -0.3 is 0 Å². The van der Waals surface area contributed by atoms with E-state index in [0.717, 1.165) is 23.0 Å². The van der Waals surface area contributed by atoms with Gasteiger partial charge in [0.1, 0.15) is 4.21 Å². The number of halogens is 1. The summed E-state index contributed by atoms with van der Waals surface area (Å²) in [5.74, 6) is 0. The number of hydrogen-bond donors (Lipinski definition) is 0. The first-order valence-corrected chi connectivity index (χ1v) is 8.58. The van der Waals surface area contributed by atoms with Gasteiger partial charge in [0.2, 0.25) is 0 Å². The Morgan fingerprint density at radius 3 is 2.88 bits per heavy atom. The van der Waals surface area contributed by atoms with E-state index in [9.17, 15) is 8.42 Å². The Morgan fingerprint density at radius 1 is 1.56 bits per heavy atom. The molecule has 16 heavy (non-hydrogen) atoms. The predicted octanol–water partition coefficient (Wildman–Crippen LogP) is 2.60. The van der Waals surface area contributed by atoms with E-state index in [-0.39, 0.29) is 6.04 Å². The van der Waals surface area contributed by atoms with Crippen LogP contribution < -0.4 is 0 Å². The molecule has 1 aliphatic rings. The summed E-state index contributed by atoms with van der Waals surface area (Å²) in [5, 5.41) is 0.719. The highest BCUT2D eigenvalue weighted by atomic mass is 79.9. The van der Waals surface area contributed by atoms with Crippen LogP contribution in [-0.4, -0.2) is 30.6 Å². The number of hydrogen-bond acceptors (Lipinski definition) is 3. The maximum absolute atomic E-state index is 12.3. The molecule has 0 bridgehead atoms. The number of aryl methyl sites for hydroxylation is 1. The highest BCUT2D eigenvalue weighted by Gasteiger charge is 2.35. The Labute approximate surface area is 109 Å². The van der Waals surface area contributed by atoms with Gasteiger partial charge in [-0.05, 0) is 31.9 Å². The molecule has 1 atom stereocenters. The largest absolute Gasteiger partial charge is 0.252 e. The van der Waals surface area contributed by atoms with Crippen LogP contribution in [0.25, 0.3) is 0 Å². The summed E-state index contributed by atoms with van der Waals surface area (Å²) in [4.78, 5) is 1.04. The first-order chi connectivity index (χ1) is 7.55. The van der Waals surface area contributed by atoms with E-state index in [0.29, 0.717) is 10.8 Å². The molecule has 0 N–H and O–H groups in total. The van der Waals surface area contributed by atoms with Crippen LogP contribution in [0.1, 0.15) is 17.7 Å². The normalized spacial score (nSPS) is 22.8. The minimum atomic E-state index is -3.26. The summed E-state index contributed by atoms with van der Waals surface area (Å²) in [6, 6.07) is 3.68. The minimum Gasteiger partial charge on any atom is -0.206 e. The fraction of sp³-hybridized carbons (Fsp3) is 0.600. The molecular formula is C10H14BrNO2S2. The summed E-state index contributed by atoms with van der Waals surface area (Å²) in [7, 11) is -3.26. The maximum atomic E-state index is 12.3. The zero-order valence-electron chi connectivity index (χ0n) is 9.02. The number of alkyl halides is 1. The highest BCUT2D eigenvalue weighted by molar-refractivity contribution is 9.09. The third kappa shape index (κ3) is 2.20. The number of nitrogens with zero attached hydrogens (tertiary/aromatic N) is 1. The zero-order valence-corrected chi connectivity index (χ0v) is 12.2. The van der Waals surface area contributed by atoms with E-state index in [2.05, 4.69) is 15.9 Å². The van der Waals surface area contributed by atoms with Crippen molar-refractivity contribution in [3.8, 4) is 0 Å². The summed E-state index contributed by atoms with van der Waals surface area (Å²) in [5.41, 5.74) is 0. The standard InChI is InChI=1S/C10H14BrNO2S2/c1-8-4-5-10(15-8)16(13,14)12-6-2-3-9(12)7-11/h4-5,9H,2-3,6-7H2,1H3. The van der Waals surface area contributed by atoms with Crippen molar-refractivity contribution in [1.82, 2.24) is 4.31 Å². The molecule has 0 radical (unpaired) electrons. The molecule has 1 aliphatic heterocycles. The van der Waals surface area contributed by atoms with E-state index < -0.39 is 10.0 Å². The average Bonchev–Trinajstić information content (AvgIpc) is 2.85. The molecule has 2 rings (SSSR count). The van der Waals surface area contributed by atoms with Crippen molar-refractivity contribution in [2.75, 3.05) is 11.9 Å². The van der Waals surface area contributed by atoms with Gasteiger partial charge in [-0.1, -0.05) is 15.9 Å². The summed E-state index contributed by atoms with van der Waals surface area (Å²) < 4.78 is 26.8. The molecule has 0 aromatic carbocycles. The third-order valence-corrected chi connectivity index (χ3v) is 6.95. The second kappa shape index (κ2) is 4.76. The lowest BCUT2D eigenvalue weighted by atomic mass is 10.3. The molecule has 0 amide bonds. The van der Waals surface area contributed by atoms with Crippen LogP contribution >= 0.6 is 27.3 Å². The lowest BCUT2D eigenvalue weighted by Gasteiger charge is -2.21. The van der Waals surface area contributed by atoms with E-state index in [1.54, 1.807) is 10.4 Å². The molecular weight excluding hydrogens is 310 g/mol. The molecule has 1 fully saturated rings. The van der Waals surface area contributed by atoms with Crippen LogP contribution in [0.4, 0.5) is 0 Å². The molecule has 0 saturated carbocycles. The second-order valence-corrected chi connectivity index (χ2v) is 7.98. The quantitative estimate of drug-likeness (QED) is 0.802. The number of thiophene rings is 1. The predicted molar refractivity (Wildman–Crippen MR) is 69.8 cm³/mol. The first kappa shape index (κ1) is 12.5. The molecule has 1 unspecified atom stereocenters. The van der Waals surface area contributed by atoms with Gasteiger partial charge in [0.05, 0.1) is 0 Å². The minimum absolute atomic E-state index is 0.118. The molecule has 2 heterocycles. The third-order valence-electron chi connectivity index (χ3n) is 2.78. The Morgan fingerprint density at radius 2 is 2.31 bits per heavy atom. The Hall–Kier alpha value is 0.0900. The SMILES string of the molecule is Cc1ccc(S(=O)(=O)N2CCCC2CBr)s1. The first-order valence-electron chi connectivity index (χ1n) is 5.20. The summed E-state index contributed by atoms with van der Waals surface area (Å²) >= 11 is 4.73. The molecule has 1 aromatic rings. The smallest absolute Gasteiger partial charge is 0.206 e. The highest BCUT2D eigenvalue weighted by Crippen LogP contribution is 2.30. The molecule has 3 nitrogen and oxygen atoms in total. The van der Waals surface area contributed by atoms with Crippen LogP contribution in [-0.2, 0) is 10.0 Å². The molecule has 1 aromatic heterocycles. The van der Waals surface area contributed by atoms with Gasteiger partial charge in [0.15, 0.2) is 0 Å². The number of sulfonamides is 1. The van der Waals surface area contributed by atoms with Gasteiger partial charge in [-0.3, -0.25) is 0 Å². The Bertz CT molecular complexity index is 469. The lowest BCUT2D eigenvalue weighted by molar-refractivity contribution is 0.415. The van der Waals surface area contributed by atoms with Gasteiger partial charge in [0.25, 0.3) is 10.0 Å². The summed E-state index contributed by atoms with van der Waals surface area (Å²) in [6.07, 6.45) is 1.91. The van der Waals surface area contributed by atoms with E-state index in [4.69, 9.17) is 0 Å². The van der Waals surface area contributed by atoms with Crippen LogP contribution in [0.2, 0.25) is 0 Å². The van der Waals surface area contributed by atoms with E-state index in [1.165, 1.54) is 11.3 Å². The van der Waals surface area contributed by atoms with Gasteiger partial charge in [0, 0.05) is 22.8 Å². The van der Waals surface area contributed by atoms with Crippen molar-refractivity contribution >= 4 is 37.3 Å². The molecule has 0 spiro atoms. The molecule has 6 heteroatoms. The molecule has 1 saturated heterocycles. The summed E-state index contributed by atoms with van der Waals surface area (Å²) in [6.45, 7) is 2.57. The van der Waals surface area contributed by atoms with Crippen LogP contribution in [0.15, 0.2) is 16.3 Å². The van der Waals surface area contributed by atoms with Crippen molar-refractivity contribution < 1.29 is 8.42 Å². The average molecular weight is 324 g/mol. The van der Waals surface area contributed by atoms with Crippen molar-refractivity contribution in [3.05, 3.63) is 17.0 Å². The fourth-order valence-electron chi connectivity index (χ4n) is 1.95. The topological polar surface area (TPSA) is 37.4 Å². The Balaban J connectivity index is 2.32. The van der Waals surface area contributed by atoms with Crippen LogP contribution in [0.5, 0.6) is 0 Å². The van der Waals surface area contributed by atoms with Crippen molar-refractivity contribution in [2.24, 2.45) is 0 Å². The van der Waals surface area contributed by atoms with Gasteiger partial charge >= 0.3 is 0 Å². The lowest BCUT2D eigenvalue weighted by Crippen LogP contribution is -2.36. The monoisotopic (exact) mass is 323 g/mol.